The Morgan fingerprint density at radius 1 is 1.14 bits per heavy atom. The number of rotatable bonds is 5. The molecule has 2 atom stereocenters. The Morgan fingerprint density at radius 3 is 2.63 bits per heavy atom. The number of aryl methyl sites for hydroxylation is 3. The highest BCUT2D eigenvalue weighted by molar-refractivity contribution is 5.94. The number of aromatic nitrogens is 5. The first-order valence-electron chi connectivity index (χ1n) is 12.2. The lowest BCUT2D eigenvalue weighted by Crippen LogP contribution is -2.31. The predicted molar refractivity (Wildman–Crippen MR) is 124 cm³/mol. The minimum absolute atomic E-state index is 0.0248. The van der Waals surface area contributed by atoms with Gasteiger partial charge in [0.1, 0.15) is 17.3 Å². The second-order valence-electron chi connectivity index (χ2n) is 9.62. The van der Waals surface area contributed by atoms with Crippen LogP contribution in [0.1, 0.15) is 60.1 Å². The summed E-state index contributed by atoms with van der Waals surface area (Å²) in [6.07, 6.45) is -1.64. The van der Waals surface area contributed by atoms with E-state index in [2.05, 4.69) is 26.9 Å². The highest BCUT2D eigenvalue weighted by Gasteiger charge is 2.42. The molecule has 0 fully saturated rings. The molecule has 1 amide bonds. The molecule has 2 aliphatic heterocycles. The molecule has 5 rings (SSSR count). The number of nitrogens with one attached hydrogen (secondary N) is 1. The largest absolute Gasteiger partial charge is 0.392 e. The normalized spacial score (nSPS) is 19.8. The second-order valence-corrected chi connectivity index (χ2v) is 9.62. The van der Waals surface area contributed by atoms with Gasteiger partial charge >= 0.3 is 6.18 Å². The summed E-state index contributed by atoms with van der Waals surface area (Å²) in [5.74, 6) is 0.812. The number of carbonyl (C=O) groups is 1. The van der Waals surface area contributed by atoms with Crippen molar-refractivity contribution in [1.29, 1.82) is 0 Å². The molecule has 7 nitrogen and oxygen atoms in total. The van der Waals surface area contributed by atoms with E-state index < -0.39 is 12.1 Å². The van der Waals surface area contributed by atoms with Crippen LogP contribution in [0.3, 0.4) is 0 Å². The molecular formula is C25H29F3N6O. The van der Waals surface area contributed by atoms with E-state index in [0.29, 0.717) is 36.2 Å². The van der Waals surface area contributed by atoms with Crippen molar-refractivity contribution in [2.24, 2.45) is 11.8 Å². The van der Waals surface area contributed by atoms with Crippen LogP contribution in [0.15, 0.2) is 24.3 Å². The molecule has 186 valence electrons. The Hall–Kier alpha value is -3.17. The van der Waals surface area contributed by atoms with Crippen LogP contribution < -0.4 is 5.32 Å². The Labute approximate surface area is 201 Å². The fraction of sp³-hybridized carbons (Fsp3) is 0.520. The number of amides is 1. The molecule has 0 aliphatic carbocycles. The van der Waals surface area contributed by atoms with Crippen LogP contribution in [0.5, 0.6) is 0 Å². The van der Waals surface area contributed by atoms with Gasteiger partial charge in [-0.2, -0.15) is 18.3 Å². The van der Waals surface area contributed by atoms with Crippen LogP contribution in [-0.4, -0.2) is 36.4 Å². The van der Waals surface area contributed by atoms with E-state index in [1.54, 1.807) is 4.68 Å². The van der Waals surface area contributed by atoms with Crippen molar-refractivity contribution in [1.82, 2.24) is 29.6 Å². The molecule has 0 saturated heterocycles. The summed E-state index contributed by atoms with van der Waals surface area (Å²) in [5, 5.41) is 7.42. The molecular weight excluding hydrogens is 457 g/mol. The maximum atomic E-state index is 13.1. The smallest absolute Gasteiger partial charge is 0.347 e. The molecule has 35 heavy (non-hydrogen) atoms. The zero-order chi connectivity index (χ0) is 24.7. The molecule has 1 N–H and O–H groups in total. The molecule has 0 radical (unpaired) electrons. The molecule has 0 unspecified atom stereocenters. The quantitative estimate of drug-likeness (QED) is 0.582. The average Bonchev–Trinajstić information content (AvgIpc) is 3.42. The monoisotopic (exact) mass is 486 g/mol. The number of carbonyl (C=O) groups excluding carboxylic acids is 1. The lowest BCUT2D eigenvalue weighted by Gasteiger charge is -2.24. The SMILES string of the molecule is CCc1nc2n(c1C(=O)NCc1ccc(-c3nc4n(n3)CC[C@@H](C(F)(F)F)C4)cc1)C[C@@H](C)CC2. The zero-order valence-corrected chi connectivity index (χ0v) is 19.9. The fourth-order valence-corrected chi connectivity index (χ4v) is 4.96. The number of hydrogen-bond donors (Lipinski definition) is 1. The molecule has 0 spiro atoms. The van der Waals surface area contributed by atoms with Gasteiger partial charge in [0.15, 0.2) is 5.82 Å². The molecule has 0 saturated carbocycles. The van der Waals surface area contributed by atoms with Crippen molar-refractivity contribution in [3.63, 3.8) is 0 Å². The van der Waals surface area contributed by atoms with Crippen molar-refractivity contribution in [3.05, 3.63) is 52.9 Å². The van der Waals surface area contributed by atoms with Crippen LogP contribution in [0, 0.1) is 11.8 Å². The number of imidazole rings is 1. The predicted octanol–water partition coefficient (Wildman–Crippen LogP) is 4.34. The maximum Gasteiger partial charge on any atom is 0.392 e. The topological polar surface area (TPSA) is 77.6 Å². The highest BCUT2D eigenvalue weighted by Crippen LogP contribution is 2.35. The third-order valence-electron chi connectivity index (χ3n) is 7.02. The number of halogens is 3. The van der Waals surface area contributed by atoms with E-state index in [1.165, 1.54) is 0 Å². The summed E-state index contributed by atoms with van der Waals surface area (Å²) in [7, 11) is 0. The number of alkyl halides is 3. The molecule has 1 aromatic carbocycles. The average molecular weight is 487 g/mol. The standard InChI is InChI=1S/C25H29F3N6O/c1-3-19-22(33-14-15(2)4-9-20(33)30-19)24(35)29-13-16-5-7-17(8-6-16)23-31-21-12-18(25(26,27)28)10-11-34(21)32-23/h5-8,15,18H,3-4,9-14H2,1-2H3,(H,29,35)/t15-,18+/m0/s1. The zero-order valence-electron chi connectivity index (χ0n) is 19.9. The number of hydrogen-bond acceptors (Lipinski definition) is 4. The van der Waals surface area contributed by atoms with Crippen molar-refractivity contribution in [2.75, 3.05) is 0 Å². The second kappa shape index (κ2) is 9.13. The van der Waals surface area contributed by atoms with Gasteiger partial charge in [0.25, 0.3) is 5.91 Å². The van der Waals surface area contributed by atoms with E-state index >= 15 is 0 Å². The van der Waals surface area contributed by atoms with Crippen molar-refractivity contribution < 1.29 is 18.0 Å². The molecule has 2 aromatic heterocycles. The molecule has 2 aliphatic rings. The highest BCUT2D eigenvalue weighted by atomic mass is 19.4. The van der Waals surface area contributed by atoms with E-state index in [4.69, 9.17) is 4.98 Å². The van der Waals surface area contributed by atoms with E-state index in [9.17, 15) is 18.0 Å². The van der Waals surface area contributed by atoms with Crippen molar-refractivity contribution in [2.45, 2.75) is 71.8 Å². The first-order valence-corrected chi connectivity index (χ1v) is 12.2. The third kappa shape index (κ3) is 4.70. The van der Waals surface area contributed by atoms with Gasteiger partial charge in [-0.15, -0.1) is 0 Å². The van der Waals surface area contributed by atoms with E-state index in [-0.39, 0.29) is 25.3 Å². The molecule has 3 aromatic rings. The minimum Gasteiger partial charge on any atom is -0.347 e. The minimum atomic E-state index is -4.21. The van der Waals surface area contributed by atoms with Crippen LogP contribution in [-0.2, 0) is 38.9 Å². The van der Waals surface area contributed by atoms with Crippen LogP contribution in [0.2, 0.25) is 0 Å². The van der Waals surface area contributed by atoms with Gasteiger partial charge in [-0.3, -0.25) is 4.79 Å². The lowest BCUT2D eigenvalue weighted by molar-refractivity contribution is -0.179. The van der Waals surface area contributed by atoms with Gasteiger partial charge in [0.05, 0.1) is 11.6 Å². The third-order valence-corrected chi connectivity index (χ3v) is 7.02. The lowest BCUT2D eigenvalue weighted by atomic mass is 9.98. The first kappa shape index (κ1) is 23.6. The van der Waals surface area contributed by atoms with E-state index in [1.807, 2.05) is 31.2 Å². The van der Waals surface area contributed by atoms with Crippen LogP contribution in [0.25, 0.3) is 11.4 Å². The first-order chi connectivity index (χ1) is 16.7. The Bertz CT molecular complexity index is 1230. The Morgan fingerprint density at radius 2 is 1.91 bits per heavy atom. The van der Waals surface area contributed by atoms with Gasteiger partial charge in [-0.05, 0) is 30.7 Å². The van der Waals surface area contributed by atoms with Gasteiger partial charge in [0.2, 0.25) is 0 Å². The van der Waals surface area contributed by atoms with Gasteiger partial charge in [-0.25, -0.2) is 14.6 Å². The summed E-state index contributed by atoms with van der Waals surface area (Å²) < 4.78 is 42.9. The fourth-order valence-electron chi connectivity index (χ4n) is 4.96. The Balaban J connectivity index is 1.26. The number of benzene rings is 1. The summed E-state index contributed by atoms with van der Waals surface area (Å²) in [6.45, 7) is 5.59. The van der Waals surface area contributed by atoms with E-state index in [0.717, 1.165) is 42.0 Å². The van der Waals surface area contributed by atoms with Crippen LogP contribution >= 0.6 is 0 Å². The number of nitrogens with zero attached hydrogens (tertiary/aromatic N) is 5. The van der Waals surface area contributed by atoms with Crippen molar-refractivity contribution in [3.8, 4) is 11.4 Å². The summed E-state index contributed by atoms with van der Waals surface area (Å²) in [4.78, 5) is 22.1. The van der Waals surface area contributed by atoms with Gasteiger partial charge in [-0.1, -0.05) is 38.1 Å². The van der Waals surface area contributed by atoms with Gasteiger partial charge in [0, 0.05) is 38.0 Å². The van der Waals surface area contributed by atoms with Crippen LogP contribution in [0.4, 0.5) is 13.2 Å². The molecule has 10 heteroatoms. The molecule has 0 bridgehead atoms. The molecule has 4 heterocycles. The summed E-state index contributed by atoms with van der Waals surface area (Å²) in [5.41, 5.74) is 3.14. The Kier molecular flexibility index (Phi) is 6.14. The van der Waals surface area contributed by atoms with Crippen molar-refractivity contribution >= 4 is 5.91 Å². The maximum absolute atomic E-state index is 13.1. The summed E-state index contributed by atoms with van der Waals surface area (Å²) >= 11 is 0. The number of fused-ring (bicyclic) bond motifs is 2. The van der Waals surface area contributed by atoms with Gasteiger partial charge < -0.3 is 9.88 Å². The summed E-state index contributed by atoms with van der Waals surface area (Å²) in [6, 6.07) is 7.43.